The van der Waals surface area contributed by atoms with Gasteiger partial charge >= 0.3 is 6.18 Å². The first-order chi connectivity index (χ1) is 9.81. The quantitative estimate of drug-likeness (QED) is 0.947. The normalized spacial score (nSPS) is 11.5. The van der Waals surface area contributed by atoms with Gasteiger partial charge < -0.3 is 5.32 Å². The third-order valence-corrected chi connectivity index (χ3v) is 2.88. The number of pyridine rings is 1. The molecule has 1 N–H and O–H groups in total. The average Bonchev–Trinajstić information content (AvgIpc) is 2.79. The highest BCUT2D eigenvalue weighted by atomic mass is 19.4. The standard InChI is InChI=1S/C13H13F3N4O/c1-3-8-4-5-17-9(6-8)12(21)18-11-7-10(13(14,15)16)20(2)19-11/h4-7H,3H2,1-2H3,(H,18,19,21). The fourth-order valence-corrected chi connectivity index (χ4v) is 1.79. The lowest BCUT2D eigenvalue weighted by molar-refractivity contribution is -0.143. The van der Waals surface area contributed by atoms with Gasteiger partial charge in [-0.3, -0.25) is 14.5 Å². The van der Waals surface area contributed by atoms with E-state index in [0.717, 1.165) is 25.1 Å². The van der Waals surface area contributed by atoms with E-state index in [1.54, 1.807) is 12.1 Å². The van der Waals surface area contributed by atoms with Crippen molar-refractivity contribution in [1.29, 1.82) is 0 Å². The molecular formula is C13H13F3N4O. The minimum atomic E-state index is -4.52. The zero-order valence-corrected chi connectivity index (χ0v) is 11.4. The fourth-order valence-electron chi connectivity index (χ4n) is 1.79. The number of carbonyl (C=O) groups is 1. The zero-order chi connectivity index (χ0) is 15.6. The van der Waals surface area contributed by atoms with Crippen molar-refractivity contribution in [2.45, 2.75) is 19.5 Å². The molecule has 0 bridgehead atoms. The first-order valence-corrected chi connectivity index (χ1v) is 6.18. The van der Waals surface area contributed by atoms with Crippen LogP contribution in [0.3, 0.4) is 0 Å². The SMILES string of the molecule is CCc1ccnc(C(=O)Nc2cc(C(F)(F)F)n(C)n2)c1. The number of anilines is 1. The Morgan fingerprint density at radius 1 is 1.38 bits per heavy atom. The van der Waals surface area contributed by atoms with E-state index < -0.39 is 17.8 Å². The van der Waals surface area contributed by atoms with Gasteiger partial charge in [0.15, 0.2) is 5.82 Å². The molecule has 2 aromatic rings. The lowest BCUT2D eigenvalue weighted by atomic mass is 10.2. The number of alkyl halides is 3. The van der Waals surface area contributed by atoms with Gasteiger partial charge in [0.1, 0.15) is 11.4 Å². The molecule has 0 fully saturated rings. The van der Waals surface area contributed by atoms with Crippen molar-refractivity contribution in [3.63, 3.8) is 0 Å². The Bertz CT molecular complexity index is 664. The first kappa shape index (κ1) is 15.0. The first-order valence-electron chi connectivity index (χ1n) is 6.18. The Kier molecular flexibility index (Phi) is 3.97. The van der Waals surface area contributed by atoms with E-state index in [1.807, 2.05) is 6.92 Å². The maximum Gasteiger partial charge on any atom is 0.433 e. The Hall–Kier alpha value is -2.38. The van der Waals surface area contributed by atoms with Crippen molar-refractivity contribution in [1.82, 2.24) is 14.8 Å². The Labute approximate surface area is 118 Å². The maximum atomic E-state index is 12.6. The Balaban J connectivity index is 2.20. The van der Waals surface area contributed by atoms with Crippen molar-refractivity contribution >= 4 is 11.7 Å². The van der Waals surface area contributed by atoms with Crippen LogP contribution in [-0.2, 0) is 19.6 Å². The van der Waals surface area contributed by atoms with Crippen LogP contribution in [0.15, 0.2) is 24.4 Å². The minimum absolute atomic E-state index is 0.133. The summed E-state index contributed by atoms with van der Waals surface area (Å²) >= 11 is 0. The molecule has 0 spiro atoms. The molecule has 0 saturated carbocycles. The largest absolute Gasteiger partial charge is 0.433 e. The number of hydrogen-bond donors (Lipinski definition) is 1. The summed E-state index contributed by atoms with van der Waals surface area (Å²) in [5.74, 6) is -0.768. The molecule has 2 aromatic heterocycles. The maximum absolute atomic E-state index is 12.6. The predicted molar refractivity (Wildman–Crippen MR) is 69.8 cm³/mol. The molecular weight excluding hydrogens is 285 g/mol. The Morgan fingerprint density at radius 2 is 2.10 bits per heavy atom. The molecule has 0 saturated heterocycles. The second-order valence-corrected chi connectivity index (χ2v) is 4.39. The monoisotopic (exact) mass is 298 g/mol. The van der Waals surface area contributed by atoms with Crippen LogP contribution in [0.2, 0.25) is 0 Å². The molecule has 0 aliphatic rings. The van der Waals surface area contributed by atoms with Gasteiger partial charge in [-0.05, 0) is 24.1 Å². The number of nitrogens with one attached hydrogen (secondary N) is 1. The molecule has 5 nitrogen and oxygen atoms in total. The second-order valence-electron chi connectivity index (χ2n) is 4.39. The number of rotatable bonds is 3. The molecule has 21 heavy (non-hydrogen) atoms. The number of carbonyl (C=O) groups excluding carboxylic acids is 1. The van der Waals surface area contributed by atoms with Crippen LogP contribution in [0, 0.1) is 0 Å². The van der Waals surface area contributed by atoms with Crippen LogP contribution in [0.4, 0.5) is 19.0 Å². The summed E-state index contributed by atoms with van der Waals surface area (Å²) in [4.78, 5) is 15.8. The molecule has 8 heteroatoms. The number of hydrogen-bond acceptors (Lipinski definition) is 3. The highest BCUT2D eigenvalue weighted by molar-refractivity contribution is 6.02. The lowest BCUT2D eigenvalue weighted by Gasteiger charge is -2.04. The van der Waals surface area contributed by atoms with E-state index in [0.29, 0.717) is 4.68 Å². The van der Waals surface area contributed by atoms with Gasteiger partial charge in [0.25, 0.3) is 5.91 Å². The summed E-state index contributed by atoms with van der Waals surface area (Å²) in [6, 6.07) is 4.13. The number of halogens is 3. The van der Waals surface area contributed by atoms with E-state index in [1.165, 1.54) is 6.20 Å². The van der Waals surface area contributed by atoms with E-state index >= 15 is 0 Å². The zero-order valence-electron chi connectivity index (χ0n) is 11.4. The van der Waals surface area contributed by atoms with Crippen LogP contribution in [0.5, 0.6) is 0 Å². The molecule has 0 aliphatic carbocycles. The molecule has 0 radical (unpaired) electrons. The summed E-state index contributed by atoms with van der Waals surface area (Å²) in [5.41, 5.74) is 0.105. The molecule has 2 rings (SSSR count). The van der Waals surface area contributed by atoms with Gasteiger partial charge in [0, 0.05) is 19.3 Å². The highest BCUT2D eigenvalue weighted by Gasteiger charge is 2.35. The number of amides is 1. The summed E-state index contributed by atoms with van der Waals surface area (Å²) in [6.45, 7) is 1.92. The predicted octanol–water partition coefficient (Wildman–Crippen LogP) is 2.65. The fraction of sp³-hybridized carbons (Fsp3) is 0.308. The third kappa shape index (κ3) is 3.39. The van der Waals surface area contributed by atoms with Crippen molar-refractivity contribution in [2.75, 3.05) is 5.32 Å². The van der Waals surface area contributed by atoms with E-state index in [-0.39, 0.29) is 11.5 Å². The van der Waals surface area contributed by atoms with Crippen LogP contribution in [0.25, 0.3) is 0 Å². The van der Waals surface area contributed by atoms with E-state index in [4.69, 9.17) is 0 Å². The molecule has 1 amide bonds. The van der Waals surface area contributed by atoms with Gasteiger partial charge in [-0.1, -0.05) is 6.92 Å². The second kappa shape index (κ2) is 5.55. The Morgan fingerprint density at radius 3 is 2.67 bits per heavy atom. The van der Waals surface area contributed by atoms with Crippen LogP contribution in [0.1, 0.15) is 28.7 Å². The summed E-state index contributed by atoms with van der Waals surface area (Å²) < 4.78 is 38.6. The summed E-state index contributed by atoms with van der Waals surface area (Å²) in [6.07, 6.45) is -2.32. The van der Waals surface area contributed by atoms with Gasteiger partial charge in [-0.25, -0.2) is 0 Å². The number of aryl methyl sites for hydroxylation is 2. The van der Waals surface area contributed by atoms with Crippen molar-refractivity contribution in [3.05, 3.63) is 41.3 Å². The van der Waals surface area contributed by atoms with Crippen molar-refractivity contribution < 1.29 is 18.0 Å². The van der Waals surface area contributed by atoms with Gasteiger partial charge in [0.2, 0.25) is 0 Å². The molecule has 112 valence electrons. The average molecular weight is 298 g/mol. The van der Waals surface area contributed by atoms with Gasteiger partial charge in [0.05, 0.1) is 0 Å². The van der Waals surface area contributed by atoms with Gasteiger partial charge in [-0.2, -0.15) is 18.3 Å². The summed E-state index contributed by atoms with van der Waals surface area (Å²) in [7, 11) is 1.16. The number of nitrogens with zero attached hydrogens (tertiary/aromatic N) is 3. The van der Waals surface area contributed by atoms with Crippen molar-refractivity contribution in [3.8, 4) is 0 Å². The summed E-state index contributed by atoms with van der Waals surface area (Å²) in [5, 5.41) is 5.93. The molecule has 2 heterocycles. The molecule has 0 atom stereocenters. The third-order valence-electron chi connectivity index (χ3n) is 2.88. The highest BCUT2D eigenvalue weighted by Crippen LogP contribution is 2.30. The van der Waals surface area contributed by atoms with Crippen molar-refractivity contribution in [2.24, 2.45) is 7.05 Å². The molecule has 0 unspecified atom stereocenters. The van der Waals surface area contributed by atoms with Crippen LogP contribution in [-0.4, -0.2) is 20.7 Å². The van der Waals surface area contributed by atoms with E-state index in [2.05, 4.69) is 15.4 Å². The lowest BCUT2D eigenvalue weighted by Crippen LogP contribution is -2.14. The number of aromatic nitrogens is 3. The topological polar surface area (TPSA) is 59.8 Å². The van der Waals surface area contributed by atoms with Gasteiger partial charge in [-0.15, -0.1) is 0 Å². The molecule has 0 aromatic carbocycles. The smallest absolute Gasteiger partial charge is 0.304 e. The molecule has 0 aliphatic heterocycles. The van der Waals surface area contributed by atoms with Crippen LogP contribution < -0.4 is 5.32 Å². The minimum Gasteiger partial charge on any atom is -0.304 e. The van der Waals surface area contributed by atoms with Crippen LogP contribution >= 0.6 is 0 Å². The van der Waals surface area contributed by atoms with E-state index in [9.17, 15) is 18.0 Å².